The first-order chi connectivity index (χ1) is 59.0. The van der Waals surface area contributed by atoms with E-state index in [9.17, 15) is 0 Å². The summed E-state index contributed by atoms with van der Waals surface area (Å²) in [5.41, 5.74) is 7.59. The van der Waals surface area contributed by atoms with Crippen LogP contribution in [0.25, 0.3) is 11.0 Å². The van der Waals surface area contributed by atoms with Gasteiger partial charge in [0.05, 0.1) is 12.5 Å². The van der Waals surface area contributed by atoms with Gasteiger partial charge in [0.25, 0.3) is 0 Å². The molecule has 0 aliphatic carbocycles. The number of fused-ring (bicyclic) bond motifs is 2. The zero-order valence-electron chi connectivity index (χ0n) is 89.3. The summed E-state index contributed by atoms with van der Waals surface area (Å²) in [6.07, 6.45) is 8.51. The third-order valence-corrected chi connectivity index (χ3v) is 26.3. The predicted octanol–water partition coefficient (Wildman–Crippen LogP) is 39.3. The van der Waals surface area contributed by atoms with Gasteiger partial charge in [-0.25, -0.2) is 0 Å². The standard InChI is InChI=1S/C15H22O2.C15H26O.C14H18O.2C13H22O.C13H22S.C12H20O.C12H18.C11H18O/c1-10(2)14(15(3,4)5)11-6-7-12-13(8-11)17-9-16-12;1-10(2)12-8-13(16-9-12)14(11(3)4)15(5,6)7;1-4-12(10(2)3)14-9-11-7-5-6-8-13(11)15-14;1-9(2)12(13(4,5)6)11-8-7-10(3)14-11;1-6-12(10(4)5)13-7-11(8-14-13)9(2)3;1-9(2)12(13(4,5)6)11-8-7-10(3)14-11;1-8(2)12(9(3)4)11-7-6-10(5)13-11;1-4-12(10(2)3)11-8-6-5-7-9-11;1-5-10(8(2)3)11-7-6-9(4)12-11/h6-8,10,14H,9H2,1-5H3;8-11,14H,1-7H3;5-10,12H,4H2,1-3H3;7-9,12H,1-6H3;7-10,12H,6H2,1-5H3;7-9,12H,1-6H3;6-9,12H,1-5H3;5-10,12H,4H2,1-3H3;6-8,10H,5H2,1-4H3/t2*14-;4*12-;;12-;10-/m000000.00/s1. The molecule has 1 aliphatic rings. The summed E-state index contributed by atoms with van der Waals surface area (Å²) in [5, 5.41) is 1.21. The van der Waals surface area contributed by atoms with Crippen LogP contribution in [0.5, 0.6) is 11.5 Å². The minimum atomic E-state index is 0.250. The zero-order valence-corrected chi connectivity index (χ0v) is 90.1. The van der Waals surface area contributed by atoms with Crippen LogP contribution in [0.4, 0.5) is 0 Å². The number of aryl methyl sites for hydroxylation is 4. The van der Waals surface area contributed by atoms with Gasteiger partial charge in [-0.3, -0.25) is 0 Å². The molecule has 0 bridgehead atoms. The SMILES string of the molecule is CC(C)[C@@H](c1ccc2c(c1)OCO2)C(C)(C)C.CC(C)c1coc([C@H](C(C)C)C(C)(C)C)c1.CC[C@H](c1cc(C(C)C)co1)C(C)C.CC[C@H](c1cc2ccccc2o1)C(C)C.CC[C@H](c1ccc(C)o1)C(C)C.CC[C@H](c1ccccc1)C(C)C.Cc1ccc(C(C(C)C)C(C)C)o1.Cc1ccc([C@H](C(C)C)C(C)(C)C)o1.Cc1ccc([C@H](C(C)C)C(C)(C)C)s1. The number of thiophene rings is 1. The normalized spacial score (nSPS) is 14.2. The van der Waals surface area contributed by atoms with Gasteiger partial charge in [-0.2, -0.15) is 0 Å². The van der Waals surface area contributed by atoms with Crippen molar-refractivity contribution in [3.63, 3.8) is 0 Å². The van der Waals surface area contributed by atoms with Crippen molar-refractivity contribution in [2.45, 2.75) is 395 Å². The molecule has 0 N–H and O–H groups in total. The summed E-state index contributed by atoms with van der Waals surface area (Å²) in [7, 11) is 0. The number of para-hydroxylation sites is 1. The Morgan fingerprint density at radius 2 is 0.677 bits per heavy atom. The Morgan fingerprint density at radius 1 is 0.291 bits per heavy atom. The highest BCUT2D eigenvalue weighted by molar-refractivity contribution is 7.12. The van der Waals surface area contributed by atoms with E-state index in [2.05, 4.69) is 393 Å². The lowest BCUT2D eigenvalue weighted by Gasteiger charge is -2.34. The van der Waals surface area contributed by atoms with Gasteiger partial charge < -0.3 is 36.0 Å². The van der Waals surface area contributed by atoms with Crippen molar-refractivity contribution in [1.29, 1.82) is 0 Å². The van der Waals surface area contributed by atoms with E-state index in [0.717, 1.165) is 100 Å². The van der Waals surface area contributed by atoms with Gasteiger partial charge in [0, 0.05) is 56.6 Å². The summed E-state index contributed by atoms with van der Waals surface area (Å²) in [4.78, 5) is 2.97. The van der Waals surface area contributed by atoms with Crippen LogP contribution in [0.15, 0.2) is 179 Å². The number of rotatable bonds is 25. The van der Waals surface area contributed by atoms with Crippen LogP contribution in [0.2, 0.25) is 0 Å². The molecule has 127 heavy (non-hydrogen) atoms. The van der Waals surface area contributed by atoms with Crippen LogP contribution in [0.3, 0.4) is 0 Å². The van der Waals surface area contributed by atoms with Crippen molar-refractivity contribution in [3.8, 4) is 11.5 Å². The second-order valence-electron chi connectivity index (χ2n) is 44.8. The molecule has 8 heterocycles. The van der Waals surface area contributed by atoms with E-state index in [1.165, 1.54) is 38.9 Å². The first-order valence-corrected chi connectivity index (χ1v) is 50.1. The predicted molar refractivity (Wildman–Crippen MR) is 552 cm³/mol. The van der Waals surface area contributed by atoms with E-state index in [0.29, 0.717) is 125 Å². The summed E-state index contributed by atoms with van der Waals surface area (Å²) < 4.78 is 45.1. The van der Waals surface area contributed by atoms with Crippen LogP contribution in [-0.4, -0.2) is 6.79 Å². The third-order valence-electron chi connectivity index (χ3n) is 25.2. The third kappa shape index (κ3) is 37.2. The number of ether oxygens (including phenoxy) is 2. The largest absolute Gasteiger partial charge is 0.469 e. The minimum Gasteiger partial charge on any atom is -0.469 e. The van der Waals surface area contributed by atoms with Crippen LogP contribution in [-0.2, 0) is 0 Å². The summed E-state index contributed by atoms with van der Waals surface area (Å²) in [6.45, 7) is 99.2. The molecule has 714 valence electrons. The fraction of sp³-hybridized carbons (Fsp3) is 0.627. The van der Waals surface area contributed by atoms with Gasteiger partial charge >= 0.3 is 0 Å². The molecule has 8 atom stereocenters. The topological polar surface area (TPSA) is 97.3 Å². The first-order valence-electron chi connectivity index (χ1n) is 49.3. The lowest BCUT2D eigenvalue weighted by molar-refractivity contribution is 0.174. The minimum absolute atomic E-state index is 0.250. The van der Waals surface area contributed by atoms with E-state index in [1.807, 2.05) is 75.0 Å². The molecular formula is C118H188O8S. The van der Waals surface area contributed by atoms with E-state index < -0.39 is 0 Å². The molecule has 0 fully saturated rings. The lowest BCUT2D eigenvalue weighted by atomic mass is 9.70. The maximum absolute atomic E-state index is 5.88. The molecule has 0 amide bonds. The van der Waals surface area contributed by atoms with Crippen molar-refractivity contribution in [2.75, 3.05) is 6.79 Å². The van der Waals surface area contributed by atoms with E-state index in [1.54, 1.807) is 4.88 Å². The fourth-order valence-electron chi connectivity index (χ4n) is 19.9. The fourth-order valence-corrected chi connectivity index (χ4v) is 21.3. The number of hydrogen-bond acceptors (Lipinski definition) is 9. The second kappa shape index (κ2) is 53.4. The molecule has 0 radical (unpaired) electrons. The van der Waals surface area contributed by atoms with Crippen LogP contribution in [0.1, 0.15) is 452 Å². The molecule has 3 aromatic carbocycles. The first kappa shape index (κ1) is 114. The average Bonchev–Trinajstić information content (AvgIpc) is 1.78. The molecule has 1 aliphatic heterocycles. The van der Waals surface area contributed by atoms with Gasteiger partial charge in [0.2, 0.25) is 6.79 Å². The van der Waals surface area contributed by atoms with Gasteiger partial charge in [-0.05, 0) is 265 Å². The number of furan rings is 6. The van der Waals surface area contributed by atoms with Crippen molar-refractivity contribution in [3.05, 3.63) is 236 Å². The zero-order chi connectivity index (χ0) is 96.7. The highest BCUT2D eigenvalue weighted by Crippen LogP contribution is 2.48. The molecule has 9 heteroatoms. The number of benzene rings is 3. The molecule has 11 rings (SSSR count). The molecule has 8 nitrogen and oxygen atoms in total. The Bertz CT molecular complexity index is 4440. The maximum atomic E-state index is 5.88. The van der Waals surface area contributed by atoms with Gasteiger partial charge in [-0.1, -0.05) is 332 Å². The van der Waals surface area contributed by atoms with E-state index >= 15 is 0 Å². The smallest absolute Gasteiger partial charge is 0.231 e. The lowest BCUT2D eigenvalue weighted by Crippen LogP contribution is -2.23. The van der Waals surface area contributed by atoms with Crippen molar-refractivity contribution < 1.29 is 36.0 Å². The monoisotopic (exact) mass is 1770 g/mol. The van der Waals surface area contributed by atoms with E-state index in [4.69, 9.17) is 36.0 Å². The molecule has 10 aromatic rings. The van der Waals surface area contributed by atoms with Gasteiger partial charge in [-0.15, -0.1) is 11.3 Å². The summed E-state index contributed by atoms with van der Waals surface area (Å²) in [5.74, 6) is 24.5. The Hall–Kier alpha value is -7.10. The van der Waals surface area contributed by atoms with Crippen LogP contribution < -0.4 is 9.47 Å². The Labute approximate surface area is 783 Å². The van der Waals surface area contributed by atoms with Gasteiger partial charge in [0.1, 0.15) is 57.4 Å². The molecule has 0 spiro atoms. The second-order valence-corrected chi connectivity index (χ2v) is 46.1. The number of hydrogen-bond donors (Lipinski definition) is 0. The summed E-state index contributed by atoms with van der Waals surface area (Å²) in [6, 6.07) is 49.0. The quantitative estimate of drug-likeness (QED) is 0.0558. The highest BCUT2D eigenvalue weighted by atomic mass is 32.1. The summed E-state index contributed by atoms with van der Waals surface area (Å²) >= 11 is 1.95. The molecule has 0 saturated heterocycles. The van der Waals surface area contributed by atoms with Crippen LogP contribution >= 0.6 is 11.3 Å². The molecule has 0 unspecified atom stereocenters. The molecule has 7 aromatic heterocycles. The van der Waals surface area contributed by atoms with Gasteiger partial charge in [0.15, 0.2) is 11.5 Å². The van der Waals surface area contributed by atoms with Crippen molar-refractivity contribution in [1.82, 2.24) is 0 Å². The Morgan fingerprint density at radius 3 is 1.05 bits per heavy atom. The van der Waals surface area contributed by atoms with E-state index in [-0.39, 0.29) is 16.2 Å². The highest BCUT2D eigenvalue weighted by Gasteiger charge is 2.35. The molecular weight excluding hydrogens is 1580 g/mol. The maximum Gasteiger partial charge on any atom is 0.231 e. The molecule has 0 saturated carbocycles. The average molecular weight is 1770 g/mol. The van der Waals surface area contributed by atoms with Crippen molar-refractivity contribution in [2.24, 2.45) is 80.8 Å². The Kier molecular flexibility index (Phi) is 48.0. The Balaban J connectivity index is 0.000000369. The van der Waals surface area contributed by atoms with Crippen molar-refractivity contribution >= 4 is 22.3 Å². The van der Waals surface area contributed by atoms with Crippen LogP contribution in [0, 0.1) is 109 Å².